The molecule has 0 saturated heterocycles. The van der Waals surface area contributed by atoms with Crippen LogP contribution in [0.4, 0.5) is 0 Å². The van der Waals surface area contributed by atoms with E-state index < -0.39 is 0 Å². The SMILES string of the molecule is CN(C(=O)CNCC(C)(C)CCCO)C1CC1. The Kier molecular flexibility index (Phi) is 5.40. The smallest absolute Gasteiger partial charge is 0.236 e. The molecular weight excluding hydrogens is 216 g/mol. The number of carbonyl (C=O) groups excluding carboxylic acids is 1. The number of nitrogens with zero attached hydrogens (tertiary/aromatic N) is 1. The van der Waals surface area contributed by atoms with Crippen molar-refractivity contribution >= 4 is 5.91 Å². The molecular formula is C13H26N2O2. The molecule has 17 heavy (non-hydrogen) atoms. The van der Waals surface area contributed by atoms with Gasteiger partial charge in [-0.3, -0.25) is 4.79 Å². The van der Waals surface area contributed by atoms with Gasteiger partial charge in [0.2, 0.25) is 5.91 Å². The average Bonchev–Trinajstić information content (AvgIpc) is 3.09. The van der Waals surface area contributed by atoms with Crippen molar-refractivity contribution in [3.63, 3.8) is 0 Å². The topological polar surface area (TPSA) is 52.6 Å². The van der Waals surface area contributed by atoms with Crippen LogP contribution in [0.1, 0.15) is 39.5 Å². The molecule has 100 valence electrons. The van der Waals surface area contributed by atoms with Crippen LogP contribution in [0, 0.1) is 5.41 Å². The number of likely N-dealkylation sites (N-methyl/N-ethyl adjacent to an activating group) is 1. The Morgan fingerprint density at radius 2 is 2.12 bits per heavy atom. The maximum absolute atomic E-state index is 11.7. The third kappa shape index (κ3) is 5.50. The van der Waals surface area contributed by atoms with E-state index >= 15 is 0 Å². The Balaban J connectivity index is 2.15. The molecule has 0 aromatic carbocycles. The first kappa shape index (κ1) is 14.5. The number of aliphatic hydroxyl groups is 1. The number of rotatable bonds is 8. The zero-order chi connectivity index (χ0) is 12.9. The third-order valence-electron chi connectivity index (χ3n) is 3.38. The largest absolute Gasteiger partial charge is 0.396 e. The third-order valence-corrected chi connectivity index (χ3v) is 3.38. The summed E-state index contributed by atoms with van der Waals surface area (Å²) < 4.78 is 0. The minimum absolute atomic E-state index is 0.140. The van der Waals surface area contributed by atoms with Gasteiger partial charge in [-0.2, -0.15) is 0 Å². The van der Waals surface area contributed by atoms with Crippen LogP contribution in [-0.4, -0.2) is 48.7 Å². The van der Waals surface area contributed by atoms with Crippen LogP contribution < -0.4 is 5.32 Å². The predicted octanol–water partition coefficient (Wildman–Crippen LogP) is 0.995. The van der Waals surface area contributed by atoms with E-state index in [0.29, 0.717) is 12.6 Å². The van der Waals surface area contributed by atoms with E-state index in [1.165, 1.54) is 0 Å². The van der Waals surface area contributed by atoms with E-state index in [4.69, 9.17) is 5.11 Å². The predicted molar refractivity (Wildman–Crippen MR) is 68.8 cm³/mol. The standard InChI is InChI=1S/C13H26N2O2/c1-13(2,7-4-8-16)10-14-9-12(17)15(3)11-5-6-11/h11,14,16H,4-10H2,1-3H3. The summed E-state index contributed by atoms with van der Waals surface area (Å²) in [7, 11) is 1.89. The number of hydrogen-bond donors (Lipinski definition) is 2. The molecule has 0 spiro atoms. The van der Waals surface area contributed by atoms with Crippen LogP contribution in [-0.2, 0) is 4.79 Å². The number of hydrogen-bond acceptors (Lipinski definition) is 3. The van der Waals surface area contributed by atoms with Crippen LogP contribution in [0.25, 0.3) is 0 Å². The highest BCUT2D eigenvalue weighted by atomic mass is 16.2. The Morgan fingerprint density at radius 3 is 2.65 bits per heavy atom. The van der Waals surface area contributed by atoms with Crippen LogP contribution in [0.15, 0.2) is 0 Å². The van der Waals surface area contributed by atoms with Crippen molar-refractivity contribution < 1.29 is 9.90 Å². The van der Waals surface area contributed by atoms with Crippen molar-refractivity contribution in [2.24, 2.45) is 5.41 Å². The molecule has 0 unspecified atom stereocenters. The molecule has 0 atom stereocenters. The monoisotopic (exact) mass is 242 g/mol. The molecule has 0 aliphatic heterocycles. The molecule has 0 radical (unpaired) electrons. The minimum atomic E-state index is 0.140. The molecule has 0 heterocycles. The first-order valence-corrected chi connectivity index (χ1v) is 6.53. The molecule has 1 aliphatic rings. The van der Waals surface area contributed by atoms with Gasteiger partial charge in [-0.05, 0) is 31.1 Å². The first-order chi connectivity index (χ1) is 7.96. The van der Waals surface area contributed by atoms with Crippen LogP contribution >= 0.6 is 0 Å². The van der Waals surface area contributed by atoms with Gasteiger partial charge in [0, 0.05) is 26.2 Å². The van der Waals surface area contributed by atoms with Crippen LogP contribution in [0.5, 0.6) is 0 Å². The van der Waals surface area contributed by atoms with Crippen molar-refractivity contribution in [2.75, 3.05) is 26.7 Å². The van der Waals surface area contributed by atoms with Gasteiger partial charge >= 0.3 is 0 Å². The highest BCUT2D eigenvalue weighted by Crippen LogP contribution is 2.25. The van der Waals surface area contributed by atoms with Gasteiger partial charge in [0.15, 0.2) is 0 Å². The summed E-state index contributed by atoms with van der Waals surface area (Å²) in [5.41, 5.74) is 0.140. The molecule has 4 nitrogen and oxygen atoms in total. The molecule has 1 amide bonds. The normalized spacial score (nSPS) is 16.0. The van der Waals surface area contributed by atoms with Gasteiger partial charge in [0.1, 0.15) is 0 Å². The fraction of sp³-hybridized carbons (Fsp3) is 0.923. The lowest BCUT2D eigenvalue weighted by atomic mass is 9.88. The number of nitrogens with one attached hydrogen (secondary N) is 1. The van der Waals surface area contributed by atoms with Gasteiger partial charge in [0.25, 0.3) is 0 Å². The molecule has 1 saturated carbocycles. The fourth-order valence-electron chi connectivity index (χ4n) is 1.94. The summed E-state index contributed by atoms with van der Waals surface area (Å²) in [5.74, 6) is 0.186. The van der Waals surface area contributed by atoms with E-state index in [-0.39, 0.29) is 17.9 Å². The lowest BCUT2D eigenvalue weighted by Gasteiger charge is -2.25. The molecule has 0 aromatic rings. The molecule has 1 rings (SSSR count). The summed E-state index contributed by atoms with van der Waals surface area (Å²) in [4.78, 5) is 13.6. The van der Waals surface area contributed by atoms with Crippen molar-refractivity contribution in [2.45, 2.75) is 45.6 Å². The number of amides is 1. The van der Waals surface area contributed by atoms with E-state index in [2.05, 4.69) is 19.2 Å². The van der Waals surface area contributed by atoms with Gasteiger partial charge in [0.05, 0.1) is 6.54 Å². The van der Waals surface area contributed by atoms with E-state index in [0.717, 1.165) is 32.2 Å². The van der Waals surface area contributed by atoms with Crippen molar-refractivity contribution in [1.82, 2.24) is 10.2 Å². The summed E-state index contributed by atoms with van der Waals surface area (Å²) in [5, 5.41) is 12.0. The number of carbonyl (C=O) groups is 1. The lowest BCUT2D eigenvalue weighted by Crippen LogP contribution is -2.40. The Bertz CT molecular complexity index is 250. The summed E-state index contributed by atoms with van der Waals surface area (Å²) in [6.45, 7) is 5.80. The van der Waals surface area contributed by atoms with E-state index in [9.17, 15) is 4.79 Å². The molecule has 0 aromatic heterocycles. The zero-order valence-corrected chi connectivity index (χ0v) is 11.3. The van der Waals surface area contributed by atoms with Gasteiger partial charge in [-0.25, -0.2) is 0 Å². The maximum Gasteiger partial charge on any atom is 0.236 e. The molecule has 4 heteroatoms. The second kappa shape index (κ2) is 6.36. The average molecular weight is 242 g/mol. The van der Waals surface area contributed by atoms with Crippen LogP contribution in [0.3, 0.4) is 0 Å². The first-order valence-electron chi connectivity index (χ1n) is 6.53. The molecule has 1 fully saturated rings. The second-order valence-corrected chi connectivity index (χ2v) is 5.83. The fourth-order valence-corrected chi connectivity index (χ4v) is 1.94. The Morgan fingerprint density at radius 1 is 1.47 bits per heavy atom. The van der Waals surface area contributed by atoms with Crippen molar-refractivity contribution in [3.8, 4) is 0 Å². The lowest BCUT2D eigenvalue weighted by molar-refractivity contribution is -0.129. The molecule has 2 N–H and O–H groups in total. The summed E-state index contributed by atoms with van der Waals surface area (Å²) in [6, 6.07) is 0.492. The van der Waals surface area contributed by atoms with E-state index in [1.807, 2.05) is 11.9 Å². The highest BCUT2D eigenvalue weighted by Gasteiger charge is 2.29. The Labute approximate surface area is 104 Å². The Hall–Kier alpha value is -0.610. The second-order valence-electron chi connectivity index (χ2n) is 5.83. The van der Waals surface area contributed by atoms with E-state index in [1.54, 1.807) is 0 Å². The van der Waals surface area contributed by atoms with Gasteiger partial charge in [-0.15, -0.1) is 0 Å². The summed E-state index contributed by atoms with van der Waals surface area (Å²) >= 11 is 0. The molecule has 0 bridgehead atoms. The quantitative estimate of drug-likeness (QED) is 0.667. The minimum Gasteiger partial charge on any atom is -0.396 e. The maximum atomic E-state index is 11.7. The number of aliphatic hydroxyl groups excluding tert-OH is 1. The molecule has 1 aliphatic carbocycles. The van der Waals surface area contributed by atoms with Crippen molar-refractivity contribution in [1.29, 1.82) is 0 Å². The highest BCUT2D eigenvalue weighted by molar-refractivity contribution is 5.78. The van der Waals surface area contributed by atoms with Gasteiger partial charge < -0.3 is 15.3 Å². The van der Waals surface area contributed by atoms with Crippen LogP contribution in [0.2, 0.25) is 0 Å². The van der Waals surface area contributed by atoms with Gasteiger partial charge in [-0.1, -0.05) is 13.8 Å². The van der Waals surface area contributed by atoms with Crippen molar-refractivity contribution in [3.05, 3.63) is 0 Å². The summed E-state index contributed by atoms with van der Waals surface area (Å²) in [6.07, 6.45) is 4.11. The zero-order valence-electron chi connectivity index (χ0n) is 11.3.